The van der Waals surface area contributed by atoms with Crippen molar-refractivity contribution in [1.29, 1.82) is 0 Å². The zero-order valence-electron chi connectivity index (χ0n) is 17.6. The van der Waals surface area contributed by atoms with Crippen molar-refractivity contribution in [2.45, 2.75) is 40.5 Å². The van der Waals surface area contributed by atoms with Crippen molar-refractivity contribution in [2.24, 2.45) is 0 Å². The van der Waals surface area contributed by atoms with Crippen LogP contribution >= 0.6 is 34.0 Å². The second-order valence-electron chi connectivity index (χ2n) is 6.09. The molecule has 3 aromatic rings. The molecule has 0 aliphatic carbocycles. The van der Waals surface area contributed by atoms with Crippen LogP contribution < -0.4 is 0 Å². The molecule has 3 aromatic heterocycles. The SMILES string of the molecule is CC.COC(=O)Cc1cc(C)sc1-c1ccc(-c2sc(C)cc2CC(=O)OC)s1. The van der Waals surface area contributed by atoms with Crippen LogP contribution in [0.3, 0.4) is 0 Å². The Kier molecular flexibility index (Phi) is 8.61. The molecule has 0 spiro atoms. The van der Waals surface area contributed by atoms with Crippen molar-refractivity contribution in [2.75, 3.05) is 14.2 Å². The summed E-state index contributed by atoms with van der Waals surface area (Å²) in [4.78, 5) is 30.2. The number of methoxy groups -OCH3 is 2. The molecule has 0 aliphatic heterocycles. The van der Waals surface area contributed by atoms with E-state index in [1.807, 2.05) is 39.8 Å². The summed E-state index contributed by atoms with van der Waals surface area (Å²) in [5.41, 5.74) is 1.99. The molecule has 0 radical (unpaired) electrons. The lowest BCUT2D eigenvalue weighted by molar-refractivity contribution is -0.140. The minimum Gasteiger partial charge on any atom is -0.469 e. The van der Waals surface area contributed by atoms with Crippen molar-refractivity contribution in [3.63, 3.8) is 0 Å². The van der Waals surface area contributed by atoms with E-state index in [9.17, 15) is 9.59 Å². The van der Waals surface area contributed by atoms with Gasteiger partial charge in [0.1, 0.15) is 0 Å². The van der Waals surface area contributed by atoms with Crippen LogP contribution in [0.25, 0.3) is 19.5 Å². The molecule has 3 heterocycles. The molecule has 7 heteroatoms. The summed E-state index contributed by atoms with van der Waals surface area (Å²) >= 11 is 5.05. The second kappa shape index (κ2) is 10.7. The Morgan fingerprint density at radius 1 is 0.759 bits per heavy atom. The van der Waals surface area contributed by atoms with Gasteiger partial charge in [0.05, 0.1) is 27.1 Å². The number of hydrogen-bond acceptors (Lipinski definition) is 7. The third-order valence-corrected chi connectivity index (χ3v) is 7.67. The van der Waals surface area contributed by atoms with Gasteiger partial charge in [-0.15, -0.1) is 34.0 Å². The number of carbonyl (C=O) groups excluding carboxylic acids is 2. The molecule has 0 bridgehead atoms. The first-order valence-corrected chi connectivity index (χ1v) is 11.8. The first-order chi connectivity index (χ1) is 13.9. The van der Waals surface area contributed by atoms with Gasteiger partial charge in [0.25, 0.3) is 0 Å². The van der Waals surface area contributed by atoms with E-state index in [4.69, 9.17) is 9.47 Å². The van der Waals surface area contributed by atoms with Crippen LogP contribution in [0.15, 0.2) is 24.3 Å². The number of esters is 2. The largest absolute Gasteiger partial charge is 0.469 e. The molecule has 4 nitrogen and oxygen atoms in total. The van der Waals surface area contributed by atoms with Gasteiger partial charge < -0.3 is 9.47 Å². The quantitative estimate of drug-likeness (QED) is 0.415. The highest BCUT2D eigenvalue weighted by Crippen LogP contribution is 2.43. The molecular formula is C22H26O4S3. The smallest absolute Gasteiger partial charge is 0.310 e. The van der Waals surface area contributed by atoms with Crippen molar-refractivity contribution in [3.05, 3.63) is 45.1 Å². The summed E-state index contributed by atoms with van der Waals surface area (Å²) in [6, 6.07) is 8.27. The molecule has 0 amide bonds. The predicted octanol–water partition coefficient (Wildman–Crippen LogP) is 6.28. The second-order valence-corrected chi connectivity index (χ2v) is 9.69. The molecular weight excluding hydrogens is 424 g/mol. The van der Waals surface area contributed by atoms with Gasteiger partial charge in [0, 0.05) is 29.3 Å². The number of carbonyl (C=O) groups is 2. The van der Waals surface area contributed by atoms with E-state index in [0.29, 0.717) is 0 Å². The number of rotatable bonds is 6. The van der Waals surface area contributed by atoms with Gasteiger partial charge in [0.15, 0.2) is 0 Å². The van der Waals surface area contributed by atoms with Crippen molar-refractivity contribution >= 4 is 45.9 Å². The molecule has 0 atom stereocenters. The molecule has 0 aromatic carbocycles. The molecule has 0 fully saturated rings. The lowest BCUT2D eigenvalue weighted by atomic mass is 10.1. The summed E-state index contributed by atoms with van der Waals surface area (Å²) in [6.07, 6.45) is 0.546. The molecule has 156 valence electrons. The Bertz CT molecular complexity index is 902. The van der Waals surface area contributed by atoms with E-state index < -0.39 is 0 Å². The molecule has 0 N–H and O–H groups in total. The maximum Gasteiger partial charge on any atom is 0.310 e. The van der Waals surface area contributed by atoms with Gasteiger partial charge in [-0.25, -0.2) is 0 Å². The van der Waals surface area contributed by atoms with Crippen LogP contribution in [0.5, 0.6) is 0 Å². The summed E-state index contributed by atoms with van der Waals surface area (Å²) in [5.74, 6) is -0.472. The molecule has 3 rings (SSSR count). The normalized spacial score (nSPS) is 10.3. The summed E-state index contributed by atoms with van der Waals surface area (Å²) in [7, 11) is 2.82. The van der Waals surface area contributed by atoms with Crippen LogP contribution in [0.2, 0.25) is 0 Å². The fraction of sp³-hybridized carbons (Fsp3) is 0.364. The Labute approximate surface area is 184 Å². The van der Waals surface area contributed by atoms with E-state index in [1.54, 1.807) is 34.0 Å². The standard InChI is InChI=1S/C20H20O4S3.C2H6/c1-11-7-13(9-17(21)23-3)19(25-11)15-5-6-16(27-15)20-14(8-12(2)26-20)10-18(22)24-4;1-2/h5-8H,9-10H2,1-4H3;1-2H3. The zero-order chi connectivity index (χ0) is 21.6. The fourth-order valence-corrected chi connectivity index (χ4v) is 6.22. The van der Waals surface area contributed by atoms with Gasteiger partial charge >= 0.3 is 11.9 Å². The van der Waals surface area contributed by atoms with E-state index in [1.165, 1.54) is 14.2 Å². The van der Waals surface area contributed by atoms with E-state index in [-0.39, 0.29) is 24.8 Å². The Morgan fingerprint density at radius 3 is 1.48 bits per heavy atom. The average molecular weight is 451 g/mol. The van der Waals surface area contributed by atoms with E-state index in [0.717, 1.165) is 40.4 Å². The number of ether oxygens (including phenoxy) is 2. The third-order valence-electron chi connectivity index (χ3n) is 4.04. The predicted molar refractivity (Wildman–Crippen MR) is 123 cm³/mol. The summed E-state index contributed by atoms with van der Waals surface area (Å²) < 4.78 is 9.64. The van der Waals surface area contributed by atoms with Crippen molar-refractivity contribution in [1.82, 2.24) is 0 Å². The number of hydrogen-bond donors (Lipinski definition) is 0. The maximum atomic E-state index is 11.7. The topological polar surface area (TPSA) is 52.6 Å². The Morgan fingerprint density at radius 2 is 1.14 bits per heavy atom. The molecule has 0 saturated carbocycles. The summed E-state index contributed by atoms with van der Waals surface area (Å²) in [5, 5.41) is 0. The first-order valence-electron chi connectivity index (χ1n) is 9.34. The monoisotopic (exact) mass is 450 g/mol. The van der Waals surface area contributed by atoms with Crippen LogP contribution in [0.1, 0.15) is 34.7 Å². The van der Waals surface area contributed by atoms with Crippen LogP contribution in [-0.4, -0.2) is 26.2 Å². The first kappa shape index (κ1) is 23.3. The highest BCUT2D eigenvalue weighted by molar-refractivity contribution is 7.26. The average Bonchev–Trinajstić information content (AvgIpc) is 3.41. The van der Waals surface area contributed by atoms with Gasteiger partial charge in [-0.2, -0.15) is 0 Å². The van der Waals surface area contributed by atoms with Gasteiger partial charge in [-0.05, 0) is 49.2 Å². The Hall–Kier alpha value is -1.96. The summed E-state index contributed by atoms with van der Waals surface area (Å²) in [6.45, 7) is 8.08. The zero-order valence-corrected chi connectivity index (χ0v) is 20.0. The minimum absolute atomic E-state index is 0.236. The van der Waals surface area contributed by atoms with Crippen LogP contribution in [0.4, 0.5) is 0 Å². The molecule has 29 heavy (non-hydrogen) atoms. The van der Waals surface area contributed by atoms with Crippen molar-refractivity contribution in [3.8, 4) is 19.5 Å². The third kappa shape index (κ3) is 5.78. The molecule has 0 saturated heterocycles. The van der Waals surface area contributed by atoms with Gasteiger partial charge in [-0.3, -0.25) is 9.59 Å². The highest BCUT2D eigenvalue weighted by atomic mass is 32.1. The maximum absolute atomic E-state index is 11.7. The lowest BCUT2D eigenvalue weighted by Crippen LogP contribution is -2.04. The molecule has 0 aliphatic rings. The minimum atomic E-state index is -0.236. The van der Waals surface area contributed by atoms with Gasteiger partial charge in [0.2, 0.25) is 0 Å². The lowest BCUT2D eigenvalue weighted by Gasteiger charge is -2.02. The molecule has 0 unspecified atom stereocenters. The van der Waals surface area contributed by atoms with Gasteiger partial charge in [-0.1, -0.05) is 13.8 Å². The fourth-order valence-electron chi connectivity index (χ4n) is 2.85. The number of aryl methyl sites for hydroxylation is 2. The van der Waals surface area contributed by atoms with E-state index in [2.05, 4.69) is 12.1 Å². The van der Waals surface area contributed by atoms with Crippen LogP contribution in [-0.2, 0) is 31.9 Å². The Balaban J connectivity index is 0.00000145. The van der Waals surface area contributed by atoms with E-state index >= 15 is 0 Å². The van der Waals surface area contributed by atoms with Crippen LogP contribution in [0, 0.1) is 13.8 Å². The number of thiophene rings is 3. The van der Waals surface area contributed by atoms with Crippen molar-refractivity contribution < 1.29 is 19.1 Å². The highest BCUT2D eigenvalue weighted by Gasteiger charge is 2.18.